The summed E-state index contributed by atoms with van der Waals surface area (Å²) in [6, 6.07) is 5.95. The van der Waals surface area contributed by atoms with Gasteiger partial charge in [0.2, 0.25) is 0 Å². The summed E-state index contributed by atoms with van der Waals surface area (Å²) >= 11 is 1.62. The molecule has 0 aliphatic rings. The summed E-state index contributed by atoms with van der Waals surface area (Å²) < 4.78 is 6.16. The van der Waals surface area contributed by atoms with Gasteiger partial charge in [0, 0.05) is 50.4 Å². The van der Waals surface area contributed by atoms with E-state index in [0.717, 1.165) is 32.0 Å². The molecule has 5 rings (SSSR count). The first-order valence-corrected chi connectivity index (χ1v) is 10.6. The Bertz CT molecular complexity index is 1410. The largest absolute Gasteiger partial charge is 0.323 e. The van der Waals surface area contributed by atoms with Gasteiger partial charge in [-0.2, -0.15) is 10.2 Å². The lowest BCUT2D eigenvalue weighted by atomic mass is 10.0. The second-order valence-electron chi connectivity index (χ2n) is 7.44. The highest BCUT2D eigenvalue weighted by atomic mass is 32.1. The fourth-order valence-corrected chi connectivity index (χ4v) is 4.93. The zero-order chi connectivity index (χ0) is 20.8. The number of aryl methyl sites for hydroxylation is 4. The molecule has 0 aliphatic heterocycles. The smallest absolute Gasteiger partial charge is 0.291 e. The Balaban J connectivity index is 1.53. The van der Waals surface area contributed by atoms with Gasteiger partial charge in [0.15, 0.2) is 5.65 Å². The molecule has 0 saturated heterocycles. The summed E-state index contributed by atoms with van der Waals surface area (Å²) in [5, 5.41) is 10.7. The van der Waals surface area contributed by atoms with Crippen LogP contribution >= 0.6 is 11.3 Å². The fourth-order valence-electron chi connectivity index (χ4n) is 3.74. The van der Waals surface area contributed by atoms with Crippen molar-refractivity contribution in [2.24, 2.45) is 14.1 Å². The van der Waals surface area contributed by atoms with Gasteiger partial charge in [-0.15, -0.1) is 11.3 Å². The summed E-state index contributed by atoms with van der Waals surface area (Å²) in [6.45, 7) is 2.61. The van der Waals surface area contributed by atoms with E-state index in [4.69, 9.17) is 4.98 Å². The molecule has 0 amide bonds. The molecule has 0 saturated carbocycles. The third kappa shape index (κ3) is 3.02. The average molecular weight is 420 g/mol. The molecule has 152 valence electrons. The van der Waals surface area contributed by atoms with Crippen molar-refractivity contribution in [2.75, 3.05) is 0 Å². The maximum absolute atomic E-state index is 13.1. The Morgan fingerprint density at radius 2 is 2.07 bits per heavy atom. The monoisotopic (exact) mass is 419 g/mol. The number of rotatable bonds is 5. The number of aromatic nitrogens is 7. The second-order valence-corrected chi connectivity index (χ2v) is 8.47. The second kappa shape index (κ2) is 7.17. The van der Waals surface area contributed by atoms with Gasteiger partial charge in [-0.3, -0.25) is 14.5 Å². The lowest BCUT2D eigenvalue weighted by molar-refractivity contribution is 0.572. The van der Waals surface area contributed by atoms with Gasteiger partial charge in [0.1, 0.15) is 10.5 Å². The van der Waals surface area contributed by atoms with E-state index in [1.807, 2.05) is 43.2 Å². The van der Waals surface area contributed by atoms with E-state index < -0.39 is 0 Å². The molecule has 5 aromatic heterocycles. The van der Waals surface area contributed by atoms with E-state index in [9.17, 15) is 4.79 Å². The normalized spacial score (nSPS) is 12.8. The van der Waals surface area contributed by atoms with Crippen LogP contribution in [0, 0.1) is 0 Å². The summed E-state index contributed by atoms with van der Waals surface area (Å²) in [6.07, 6.45) is 7.98. The molecule has 0 radical (unpaired) electrons. The van der Waals surface area contributed by atoms with E-state index in [1.165, 1.54) is 4.68 Å². The molecule has 1 atom stereocenters. The predicted molar refractivity (Wildman–Crippen MR) is 117 cm³/mol. The Labute approximate surface area is 176 Å². The van der Waals surface area contributed by atoms with Crippen LogP contribution in [0.15, 0.2) is 47.8 Å². The topological polar surface area (TPSA) is 83.4 Å². The van der Waals surface area contributed by atoms with Crippen molar-refractivity contribution in [2.45, 2.75) is 25.8 Å². The van der Waals surface area contributed by atoms with E-state index >= 15 is 0 Å². The molecule has 8 nitrogen and oxygen atoms in total. The third-order valence-corrected chi connectivity index (χ3v) is 6.71. The number of thiazole rings is 1. The molecule has 0 N–H and O–H groups in total. The lowest BCUT2D eigenvalue weighted by Crippen LogP contribution is -2.25. The summed E-state index contributed by atoms with van der Waals surface area (Å²) in [5.41, 5.74) is 3.42. The van der Waals surface area contributed by atoms with Gasteiger partial charge in [-0.1, -0.05) is 13.0 Å². The first-order chi connectivity index (χ1) is 14.5. The van der Waals surface area contributed by atoms with Crippen molar-refractivity contribution >= 4 is 32.6 Å². The maximum Gasteiger partial charge on any atom is 0.291 e. The average Bonchev–Trinajstić information content (AvgIpc) is 3.44. The quantitative estimate of drug-likeness (QED) is 0.437. The van der Waals surface area contributed by atoms with Crippen LogP contribution in [-0.4, -0.2) is 34.1 Å². The first kappa shape index (κ1) is 18.7. The van der Waals surface area contributed by atoms with Crippen molar-refractivity contribution in [3.05, 3.63) is 69.6 Å². The first-order valence-electron chi connectivity index (χ1n) is 9.76. The molecule has 0 spiro atoms. The Hall–Kier alpha value is -3.33. The highest BCUT2D eigenvalue weighted by Crippen LogP contribution is 2.35. The zero-order valence-corrected chi connectivity index (χ0v) is 17.8. The number of pyridine rings is 1. The minimum absolute atomic E-state index is 0.0991. The number of nitrogens with zero attached hydrogens (tertiary/aromatic N) is 7. The van der Waals surface area contributed by atoms with Crippen LogP contribution in [0.25, 0.3) is 21.3 Å². The van der Waals surface area contributed by atoms with Gasteiger partial charge in [0.25, 0.3) is 5.56 Å². The van der Waals surface area contributed by atoms with Crippen LogP contribution in [-0.2, 0) is 27.1 Å². The summed E-state index contributed by atoms with van der Waals surface area (Å²) in [4.78, 5) is 22.2. The van der Waals surface area contributed by atoms with Crippen LogP contribution in [0.5, 0.6) is 0 Å². The third-order valence-electron chi connectivity index (χ3n) is 5.45. The van der Waals surface area contributed by atoms with Crippen LogP contribution in [0.1, 0.15) is 29.1 Å². The molecular formula is C21H21N7OS. The van der Waals surface area contributed by atoms with Gasteiger partial charge in [-0.25, -0.2) is 9.67 Å². The van der Waals surface area contributed by atoms with Crippen molar-refractivity contribution < 1.29 is 0 Å². The van der Waals surface area contributed by atoms with Gasteiger partial charge in [0.05, 0.1) is 23.1 Å². The summed E-state index contributed by atoms with van der Waals surface area (Å²) in [7, 11) is 3.78. The number of fused-ring (bicyclic) bond motifs is 3. The molecule has 5 heterocycles. The predicted octanol–water partition coefficient (Wildman–Crippen LogP) is 2.87. The molecule has 0 aliphatic carbocycles. The van der Waals surface area contributed by atoms with Crippen molar-refractivity contribution in [3.8, 4) is 0 Å². The van der Waals surface area contributed by atoms with Crippen molar-refractivity contribution in [1.82, 2.24) is 34.1 Å². The highest BCUT2D eigenvalue weighted by Gasteiger charge is 2.21. The number of hydrogen-bond donors (Lipinski definition) is 0. The summed E-state index contributed by atoms with van der Waals surface area (Å²) in [5.74, 6) is 0.137. The molecule has 0 aromatic carbocycles. The van der Waals surface area contributed by atoms with E-state index in [-0.39, 0.29) is 11.5 Å². The van der Waals surface area contributed by atoms with Crippen LogP contribution < -0.4 is 5.56 Å². The van der Waals surface area contributed by atoms with Crippen LogP contribution in [0.4, 0.5) is 0 Å². The minimum Gasteiger partial charge on any atom is -0.323 e. The van der Waals surface area contributed by atoms with E-state index in [1.54, 1.807) is 28.4 Å². The zero-order valence-electron chi connectivity index (χ0n) is 17.0. The molecular weight excluding hydrogens is 398 g/mol. The standard InChI is InChI=1S/C21H21N7OS/c1-13(14-5-4-8-22-11-14)20-24-19-18(30-20)16-12-23-28(21(29)17(16)27(19)3)10-7-15-6-9-26(2)25-15/h4-6,8-9,11-13H,7,10H2,1-3H3. The van der Waals surface area contributed by atoms with Crippen molar-refractivity contribution in [1.29, 1.82) is 0 Å². The molecule has 0 fully saturated rings. The lowest BCUT2D eigenvalue weighted by Gasteiger charge is -2.07. The Morgan fingerprint density at radius 1 is 1.20 bits per heavy atom. The molecule has 30 heavy (non-hydrogen) atoms. The van der Waals surface area contributed by atoms with Gasteiger partial charge in [-0.05, 0) is 17.7 Å². The number of hydrogen-bond acceptors (Lipinski definition) is 6. The van der Waals surface area contributed by atoms with E-state index in [0.29, 0.717) is 18.5 Å². The fraction of sp³-hybridized carbons (Fsp3) is 0.286. The Morgan fingerprint density at radius 3 is 2.80 bits per heavy atom. The van der Waals surface area contributed by atoms with Gasteiger partial charge < -0.3 is 4.57 Å². The van der Waals surface area contributed by atoms with Crippen molar-refractivity contribution in [3.63, 3.8) is 0 Å². The van der Waals surface area contributed by atoms with Gasteiger partial charge >= 0.3 is 0 Å². The van der Waals surface area contributed by atoms with Crippen LogP contribution in [0.2, 0.25) is 0 Å². The molecule has 9 heteroatoms. The molecule has 5 aromatic rings. The van der Waals surface area contributed by atoms with Crippen LogP contribution in [0.3, 0.4) is 0 Å². The molecule has 0 bridgehead atoms. The van der Waals surface area contributed by atoms with E-state index in [2.05, 4.69) is 28.2 Å². The minimum atomic E-state index is -0.0991. The maximum atomic E-state index is 13.1. The SMILES string of the molecule is CC(c1cccnc1)c1nc2c(s1)c1cnn(CCc3ccn(C)n3)c(=O)c1n2C. The Kier molecular flexibility index (Phi) is 4.47. The highest BCUT2D eigenvalue weighted by molar-refractivity contribution is 7.19. The molecule has 1 unspecified atom stereocenters.